The fourth-order valence-corrected chi connectivity index (χ4v) is 3.57. The molecule has 2 rings (SSSR count). The van der Waals surface area contributed by atoms with Crippen molar-refractivity contribution in [1.82, 2.24) is 10.2 Å². The number of hydrogen-bond donors (Lipinski definition) is 2. The highest BCUT2D eigenvalue weighted by Gasteiger charge is 2.30. The predicted octanol–water partition coefficient (Wildman–Crippen LogP) is 1.16. The maximum Gasteiger partial charge on any atom is 0.334 e. The fraction of sp³-hybridized carbons (Fsp3) is 0.846. The third-order valence-electron chi connectivity index (χ3n) is 3.92. The molecule has 1 saturated heterocycles. The molecule has 2 N–H and O–H groups in total. The minimum Gasteiger partial charge on any atom is -0.479 e. The van der Waals surface area contributed by atoms with E-state index in [1.807, 2.05) is 11.8 Å². The summed E-state index contributed by atoms with van der Waals surface area (Å²) >= 11 is 1.85. The highest BCUT2D eigenvalue weighted by atomic mass is 32.2. The molecular formula is C13H22N2O4S. The van der Waals surface area contributed by atoms with Gasteiger partial charge in [-0.2, -0.15) is 11.8 Å². The van der Waals surface area contributed by atoms with Crippen LogP contribution in [0.25, 0.3) is 0 Å². The van der Waals surface area contributed by atoms with Crippen molar-refractivity contribution in [2.24, 2.45) is 0 Å². The van der Waals surface area contributed by atoms with Gasteiger partial charge in [-0.3, -0.25) is 0 Å². The summed E-state index contributed by atoms with van der Waals surface area (Å²) in [5.74, 6) is -1.01. The first-order valence-electron chi connectivity index (χ1n) is 7.02. The average molecular weight is 302 g/mol. The SMILES string of the molecule is CSC1CCCC(NC(=O)N2CCOC(C(=O)O)C2)C1. The van der Waals surface area contributed by atoms with Gasteiger partial charge in [0.25, 0.3) is 0 Å². The van der Waals surface area contributed by atoms with Crippen molar-refractivity contribution in [3.8, 4) is 0 Å². The second-order valence-corrected chi connectivity index (χ2v) is 6.45. The summed E-state index contributed by atoms with van der Waals surface area (Å²) in [5.41, 5.74) is 0. The molecule has 0 bridgehead atoms. The van der Waals surface area contributed by atoms with E-state index in [-0.39, 0.29) is 25.2 Å². The molecule has 0 aromatic carbocycles. The number of nitrogens with one attached hydrogen (secondary N) is 1. The van der Waals surface area contributed by atoms with Crippen LogP contribution in [-0.4, -0.2) is 65.4 Å². The van der Waals surface area contributed by atoms with Crippen LogP contribution >= 0.6 is 11.8 Å². The Morgan fingerprint density at radius 1 is 1.40 bits per heavy atom. The Morgan fingerprint density at radius 3 is 2.90 bits per heavy atom. The molecule has 3 atom stereocenters. The summed E-state index contributed by atoms with van der Waals surface area (Å²) in [6.07, 6.45) is 5.56. The van der Waals surface area contributed by atoms with E-state index < -0.39 is 12.1 Å². The summed E-state index contributed by atoms with van der Waals surface area (Å²) in [6, 6.07) is 0.0473. The summed E-state index contributed by atoms with van der Waals surface area (Å²) in [6.45, 7) is 0.858. The molecule has 1 aliphatic heterocycles. The molecule has 2 aliphatic rings. The van der Waals surface area contributed by atoms with Crippen molar-refractivity contribution in [2.75, 3.05) is 26.0 Å². The first-order valence-corrected chi connectivity index (χ1v) is 8.31. The van der Waals surface area contributed by atoms with E-state index in [1.165, 1.54) is 6.42 Å². The maximum atomic E-state index is 12.2. The molecular weight excluding hydrogens is 280 g/mol. The van der Waals surface area contributed by atoms with Gasteiger partial charge in [-0.15, -0.1) is 0 Å². The minimum absolute atomic E-state index is 0.125. The van der Waals surface area contributed by atoms with Gasteiger partial charge in [0.15, 0.2) is 6.10 Å². The van der Waals surface area contributed by atoms with Crippen LogP contribution in [0, 0.1) is 0 Å². The van der Waals surface area contributed by atoms with Crippen molar-refractivity contribution in [2.45, 2.75) is 43.1 Å². The van der Waals surface area contributed by atoms with Crippen LogP contribution in [0.5, 0.6) is 0 Å². The number of morpholine rings is 1. The molecule has 3 unspecified atom stereocenters. The van der Waals surface area contributed by atoms with Gasteiger partial charge in [-0.1, -0.05) is 6.42 Å². The zero-order chi connectivity index (χ0) is 14.5. The van der Waals surface area contributed by atoms with Crippen molar-refractivity contribution >= 4 is 23.8 Å². The Hall–Kier alpha value is -0.950. The van der Waals surface area contributed by atoms with Crippen LogP contribution in [0.4, 0.5) is 4.79 Å². The maximum absolute atomic E-state index is 12.2. The van der Waals surface area contributed by atoms with Crippen LogP contribution in [-0.2, 0) is 9.53 Å². The topological polar surface area (TPSA) is 78.9 Å². The van der Waals surface area contributed by atoms with Gasteiger partial charge >= 0.3 is 12.0 Å². The molecule has 1 saturated carbocycles. The Kier molecular flexibility index (Phi) is 5.54. The molecule has 0 aromatic heterocycles. The molecule has 0 spiro atoms. The number of carbonyl (C=O) groups is 2. The highest BCUT2D eigenvalue weighted by Crippen LogP contribution is 2.27. The number of rotatable bonds is 3. The van der Waals surface area contributed by atoms with E-state index in [4.69, 9.17) is 9.84 Å². The standard InChI is InChI=1S/C13H22N2O4S/c1-20-10-4-2-3-9(7-10)14-13(18)15-5-6-19-11(8-15)12(16)17/h9-11H,2-8H2,1H3,(H,14,18)(H,16,17). The first-order chi connectivity index (χ1) is 9.60. The zero-order valence-electron chi connectivity index (χ0n) is 11.7. The molecule has 1 heterocycles. The number of carboxylic acids is 1. The van der Waals surface area contributed by atoms with Crippen molar-refractivity contribution < 1.29 is 19.4 Å². The monoisotopic (exact) mass is 302 g/mol. The third kappa shape index (κ3) is 4.02. The molecule has 0 radical (unpaired) electrons. The van der Waals surface area contributed by atoms with E-state index in [2.05, 4.69) is 11.6 Å². The van der Waals surface area contributed by atoms with Crippen LogP contribution in [0.2, 0.25) is 0 Å². The van der Waals surface area contributed by atoms with Crippen molar-refractivity contribution in [1.29, 1.82) is 0 Å². The van der Waals surface area contributed by atoms with Gasteiger partial charge in [-0.25, -0.2) is 9.59 Å². The number of ether oxygens (including phenoxy) is 1. The molecule has 2 amide bonds. The second kappa shape index (κ2) is 7.17. The number of thioether (sulfide) groups is 1. The number of nitrogens with zero attached hydrogens (tertiary/aromatic N) is 1. The lowest BCUT2D eigenvalue weighted by atomic mass is 9.95. The quantitative estimate of drug-likeness (QED) is 0.818. The van der Waals surface area contributed by atoms with Crippen LogP contribution in [0.1, 0.15) is 25.7 Å². The Bertz CT molecular complexity index is 366. The number of urea groups is 1. The van der Waals surface area contributed by atoms with E-state index >= 15 is 0 Å². The number of hydrogen-bond acceptors (Lipinski definition) is 4. The van der Waals surface area contributed by atoms with Gasteiger partial charge < -0.3 is 20.1 Å². The normalized spacial score (nSPS) is 30.9. The molecule has 114 valence electrons. The molecule has 6 nitrogen and oxygen atoms in total. The van der Waals surface area contributed by atoms with Crippen molar-refractivity contribution in [3.05, 3.63) is 0 Å². The predicted molar refractivity (Wildman–Crippen MR) is 77.0 cm³/mol. The third-order valence-corrected chi connectivity index (χ3v) is 5.01. The smallest absolute Gasteiger partial charge is 0.334 e. The lowest BCUT2D eigenvalue weighted by Crippen LogP contribution is -2.54. The molecule has 20 heavy (non-hydrogen) atoms. The zero-order valence-corrected chi connectivity index (χ0v) is 12.5. The van der Waals surface area contributed by atoms with Crippen molar-refractivity contribution in [3.63, 3.8) is 0 Å². The number of aliphatic carboxylic acids is 1. The van der Waals surface area contributed by atoms with Gasteiger partial charge in [0, 0.05) is 17.8 Å². The molecule has 0 aromatic rings. The van der Waals surface area contributed by atoms with Gasteiger partial charge in [0.05, 0.1) is 13.2 Å². The van der Waals surface area contributed by atoms with Crippen LogP contribution in [0.3, 0.4) is 0 Å². The first kappa shape index (κ1) is 15.4. The van der Waals surface area contributed by atoms with Crippen LogP contribution in [0.15, 0.2) is 0 Å². The second-order valence-electron chi connectivity index (χ2n) is 5.31. The lowest BCUT2D eigenvalue weighted by molar-refractivity contribution is -0.154. The van der Waals surface area contributed by atoms with E-state index in [9.17, 15) is 9.59 Å². The Labute approximate surface area is 123 Å². The number of amides is 2. The van der Waals surface area contributed by atoms with Gasteiger partial charge in [-0.05, 0) is 25.5 Å². The summed E-state index contributed by atoms with van der Waals surface area (Å²) in [7, 11) is 0. The molecule has 7 heteroatoms. The number of carboxylic acid groups (broad SMARTS) is 1. The summed E-state index contributed by atoms with van der Waals surface area (Å²) < 4.78 is 5.12. The summed E-state index contributed by atoms with van der Waals surface area (Å²) in [5, 5.41) is 12.6. The lowest BCUT2D eigenvalue weighted by Gasteiger charge is -2.34. The largest absolute Gasteiger partial charge is 0.479 e. The van der Waals surface area contributed by atoms with Gasteiger partial charge in [0.2, 0.25) is 0 Å². The summed E-state index contributed by atoms with van der Waals surface area (Å²) in [4.78, 5) is 24.6. The number of carbonyl (C=O) groups excluding carboxylic acids is 1. The highest BCUT2D eigenvalue weighted by molar-refractivity contribution is 7.99. The average Bonchev–Trinajstić information content (AvgIpc) is 2.47. The fourth-order valence-electron chi connectivity index (χ4n) is 2.74. The Balaban J connectivity index is 1.83. The Morgan fingerprint density at radius 2 is 2.20 bits per heavy atom. The minimum atomic E-state index is -1.01. The van der Waals surface area contributed by atoms with E-state index in [0.29, 0.717) is 11.8 Å². The molecule has 1 aliphatic carbocycles. The van der Waals surface area contributed by atoms with Crippen LogP contribution < -0.4 is 5.32 Å². The van der Waals surface area contributed by atoms with Gasteiger partial charge in [0.1, 0.15) is 0 Å². The van der Waals surface area contributed by atoms with E-state index in [1.54, 1.807) is 4.90 Å². The molecule has 2 fully saturated rings. The van der Waals surface area contributed by atoms with E-state index in [0.717, 1.165) is 19.3 Å².